The van der Waals surface area contributed by atoms with Gasteiger partial charge in [-0.15, -0.1) is 11.3 Å². The van der Waals surface area contributed by atoms with Gasteiger partial charge in [-0.05, 0) is 19.3 Å². The van der Waals surface area contributed by atoms with Gasteiger partial charge < -0.3 is 9.64 Å². The van der Waals surface area contributed by atoms with Crippen molar-refractivity contribution < 1.29 is 9.53 Å². The maximum Gasteiger partial charge on any atom is 0.357 e. The van der Waals surface area contributed by atoms with Gasteiger partial charge in [0.2, 0.25) is 0 Å². The third kappa shape index (κ3) is 2.83. The van der Waals surface area contributed by atoms with Crippen molar-refractivity contribution in [3.8, 4) is 0 Å². The van der Waals surface area contributed by atoms with Gasteiger partial charge in [0.25, 0.3) is 0 Å². The third-order valence-corrected chi connectivity index (χ3v) is 4.36. The van der Waals surface area contributed by atoms with Crippen molar-refractivity contribution in [2.24, 2.45) is 0 Å². The molecule has 0 radical (unpaired) electrons. The van der Waals surface area contributed by atoms with E-state index >= 15 is 0 Å². The molecule has 1 aliphatic rings. The number of carbonyl (C=O) groups excluding carboxylic acids is 1. The number of hydrogen-bond donors (Lipinski definition) is 0. The Labute approximate surface area is 112 Å². The predicted octanol–water partition coefficient (Wildman–Crippen LogP) is 3.09. The summed E-state index contributed by atoms with van der Waals surface area (Å²) in [6.07, 6.45) is 6.16. The Kier molecular flexibility index (Phi) is 4.58. The molecule has 1 saturated heterocycles. The Hall–Kier alpha value is -1.10. The fraction of sp³-hybridized carbons (Fsp3) is 0.692. The summed E-state index contributed by atoms with van der Waals surface area (Å²) in [4.78, 5) is 18.2. The molecular formula is C13H20N2O2S. The second-order valence-corrected chi connectivity index (χ2v) is 5.45. The molecule has 1 fully saturated rings. The van der Waals surface area contributed by atoms with Gasteiger partial charge in [-0.25, -0.2) is 9.78 Å². The molecule has 2 rings (SSSR count). The van der Waals surface area contributed by atoms with E-state index in [-0.39, 0.29) is 5.97 Å². The number of nitrogens with zero attached hydrogens (tertiary/aromatic N) is 2. The first-order valence-corrected chi connectivity index (χ1v) is 7.44. The molecule has 4 nitrogen and oxygen atoms in total. The van der Waals surface area contributed by atoms with E-state index in [1.54, 1.807) is 16.7 Å². The molecule has 1 aromatic rings. The number of rotatable bonds is 3. The summed E-state index contributed by atoms with van der Waals surface area (Å²) in [7, 11) is 1.39. The molecule has 0 saturated carbocycles. The minimum Gasteiger partial charge on any atom is -0.464 e. The summed E-state index contributed by atoms with van der Waals surface area (Å²) in [5.74, 6) is -0.347. The van der Waals surface area contributed by atoms with Gasteiger partial charge in [0.15, 0.2) is 10.8 Å². The number of anilines is 1. The summed E-state index contributed by atoms with van der Waals surface area (Å²) in [5, 5.41) is 2.75. The minimum atomic E-state index is -0.347. The van der Waals surface area contributed by atoms with Crippen LogP contribution in [0.25, 0.3) is 0 Å². The average Bonchev–Trinajstić information content (AvgIpc) is 2.76. The van der Waals surface area contributed by atoms with Crippen molar-refractivity contribution in [1.29, 1.82) is 0 Å². The van der Waals surface area contributed by atoms with Gasteiger partial charge in [0.1, 0.15) is 0 Å². The molecule has 0 aliphatic carbocycles. The van der Waals surface area contributed by atoms with E-state index in [0.29, 0.717) is 11.7 Å². The highest BCUT2D eigenvalue weighted by Gasteiger charge is 2.23. The summed E-state index contributed by atoms with van der Waals surface area (Å²) in [5.41, 5.74) is 0.427. The molecule has 18 heavy (non-hydrogen) atoms. The largest absolute Gasteiger partial charge is 0.464 e. The van der Waals surface area contributed by atoms with Crippen LogP contribution in [0.1, 0.15) is 49.5 Å². The summed E-state index contributed by atoms with van der Waals surface area (Å²) < 4.78 is 4.70. The first kappa shape index (κ1) is 13.3. The Morgan fingerprint density at radius 3 is 3.11 bits per heavy atom. The van der Waals surface area contributed by atoms with Gasteiger partial charge in [0.05, 0.1) is 7.11 Å². The Morgan fingerprint density at radius 1 is 1.56 bits per heavy atom. The van der Waals surface area contributed by atoms with Gasteiger partial charge in [-0.1, -0.05) is 19.8 Å². The van der Waals surface area contributed by atoms with Gasteiger partial charge in [-0.3, -0.25) is 0 Å². The number of aromatic nitrogens is 1. The minimum absolute atomic E-state index is 0.347. The second kappa shape index (κ2) is 6.18. The van der Waals surface area contributed by atoms with Gasteiger partial charge in [0, 0.05) is 18.0 Å². The first-order chi connectivity index (χ1) is 8.76. The van der Waals surface area contributed by atoms with Crippen LogP contribution in [-0.4, -0.2) is 30.6 Å². The lowest BCUT2D eigenvalue weighted by atomic mass is 10.1. The molecule has 1 atom stereocenters. The van der Waals surface area contributed by atoms with Crippen LogP contribution in [0.5, 0.6) is 0 Å². The highest BCUT2D eigenvalue weighted by molar-refractivity contribution is 7.13. The second-order valence-electron chi connectivity index (χ2n) is 4.61. The van der Waals surface area contributed by atoms with E-state index in [1.165, 1.54) is 32.8 Å². The highest BCUT2D eigenvalue weighted by atomic mass is 32.1. The van der Waals surface area contributed by atoms with Crippen LogP contribution in [0.3, 0.4) is 0 Å². The molecule has 1 unspecified atom stereocenters. The summed E-state index contributed by atoms with van der Waals surface area (Å²) >= 11 is 1.54. The zero-order valence-corrected chi connectivity index (χ0v) is 11.8. The first-order valence-electron chi connectivity index (χ1n) is 6.56. The number of thiazole rings is 1. The number of carbonyl (C=O) groups is 1. The summed E-state index contributed by atoms with van der Waals surface area (Å²) in [6.45, 7) is 3.27. The van der Waals surface area contributed by atoms with Crippen molar-refractivity contribution in [1.82, 2.24) is 4.98 Å². The van der Waals surface area contributed by atoms with E-state index < -0.39 is 0 Å². The number of esters is 1. The number of hydrogen-bond acceptors (Lipinski definition) is 5. The SMILES string of the molecule is CCC1CCCCCN1c1nc(C(=O)OC)cs1. The molecule has 0 amide bonds. The molecular weight excluding hydrogens is 248 g/mol. The van der Waals surface area contributed by atoms with Crippen LogP contribution in [-0.2, 0) is 4.74 Å². The van der Waals surface area contributed by atoms with E-state index in [2.05, 4.69) is 16.8 Å². The number of ether oxygens (including phenoxy) is 1. The van der Waals surface area contributed by atoms with Crippen molar-refractivity contribution in [3.63, 3.8) is 0 Å². The topological polar surface area (TPSA) is 42.4 Å². The molecule has 5 heteroatoms. The molecule has 100 valence electrons. The lowest BCUT2D eigenvalue weighted by Crippen LogP contribution is -2.34. The van der Waals surface area contributed by atoms with E-state index in [0.717, 1.165) is 18.1 Å². The van der Waals surface area contributed by atoms with Crippen molar-refractivity contribution in [3.05, 3.63) is 11.1 Å². The Balaban J connectivity index is 2.17. The molecule has 0 bridgehead atoms. The van der Waals surface area contributed by atoms with Crippen molar-refractivity contribution >= 4 is 22.4 Å². The van der Waals surface area contributed by atoms with Crippen LogP contribution in [0.4, 0.5) is 5.13 Å². The Morgan fingerprint density at radius 2 is 2.39 bits per heavy atom. The quantitative estimate of drug-likeness (QED) is 0.790. The molecule has 1 aromatic heterocycles. The maximum atomic E-state index is 11.4. The van der Waals surface area contributed by atoms with Gasteiger partial charge >= 0.3 is 5.97 Å². The zero-order valence-electron chi connectivity index (χ0n) is 11.0. The smallest absolute Gasteiger partial charge is 0.357 e. The van der Waals surface area contributed by atoms with Crippen LogP contribution >= 0.6 is 11.3 Å². The van der Waals surface area contributed by atoms with Crippen molar-refractivity contribution in [2.75, 3.05) is 18.6 Å². The molecule has 2 heterocycles. The van der Waals surface area contributed by atoms with Crippen LogP contribution in [0.2, 0.25) is 0 Å². The highest BCUT2D eigenvalue weighted by Crippen LogP contribution is 2.28. The van der Waals surface area contributed by atoms with Gasteiger partial charge in [-0.2, -0.15) is 0 Å². The van der Waals surface area contributed by atoms with E-state index in [1.807, 2.05) is 0 Å². The van der Waals surface area contributed by atoms with Crippen LogP contribution in [0.15, 0.2) is 5.38 Å². The average molecular weight is 268 g/mol. The number of methoxy groups -OCH3 is 1. The van der Waals surface area contributed by atoms with Crippen molar-refractivity contribution in [2.45, 2.75) is 45.1 Å². The third-order valence-electron chi connectivity index (χ3n) is 3.48. The molecule has 0 N–H and O–H groups in total. The maximum absolute atomic E-state index is 11.4. The van der Waals surface area contributed by atoms with E-state index in [9.17, 15) is 4.79 Å². The lowest BCUT2D eigenvalue weighted by Gasteiger charge is -2.28. The lowest BCUT2D eigenvalue weighted by molar-refractivity contribution is 0.0595. The Bertz CT molecular complexity index is 405. The fourth-order valence-corrected chi connectivity index (χ4v) is 3.34. The molecule has 0 spiro atoms. The summed E-state index contributed by atoms with van der Waals surface area (Å²) in [6, 6.07) is 0.559. The molecule has 0 aromatic carbocycles. The fourth-order valence-electron chi connectivity index (χ4n) is 2.45. The monoisotopic (exact) mass is 268 g/mol. The molecule has 1 aliphatic heterocycles. The van der Waals surface area contributed by atoms with Crippen LogP contribution < -0.4 is 4.90 Å². The zero-order chi connectivity index (χ0) is 13.0. The normalized spacial score (nSPS) is 20.6. The predicted molar refractivity (Wildman–Crippen MR) is 73.3 cm³/mol. The van der Waals surface area contributed by atoms with E-state index in [4.69, 9.17) is 4.74 Å². The standard InChI is InChI=1S/C13H20N2O2S/c1-3-10-7-5-4-6-8-15(10)13-14-11(9-18-13)12(16)17-2/h9-10H,3-8H2,1-2H3. The van der Waals surface area contributed by atoms with Crippen LogP contribution in [0, 0.1) is 0 Å².